The van der Waals surface area contributed by atoms with Crippen molar-refractivity contribution in [3.63, 3.8) is 0 Å². The summed E-state index contributed by atoms with van der Waals surface area (Å²) in [5.74, 6) is 0.882. The number of hydrogen-bond donors (Lipinski definition) is 1. The van der Waals surface area contributed by atoms with Crippen molar-refractivity contribution in [2.24, 2.45) is 0 Å². The molecule has 1 aromatic heterocycles. The van der Waals surface area contributed by atoms with E-state index in [0.29, 0.717) is 22.9 Å². The molecule has 2 rings (SSSR count). The van der Waals surface area contributed by atoms with Gasteiger partial charge in [-0.3, -0.25) is 10.1 Å². The number of anilines is 1. The van der Waals surface area contributed by atoms with Crippen LogP contribution >= 0.6 is 0 Å². The minimum atomic E-state index is -0.430. The van der Waals surface area contributed by atoms with Crippen molar-refractivity contribution >= 4 is 11.4 Å². The van der Waals surface area contributed by atoms with E-state index in [-0.39, 0.29) is 5.69 Å². The molecule has 2 aromatic rings. The van der Waals surface area contributed by atoms with Crippen LogP contribution in [0.15, 0.2) is 36.5 Å². The normalized spacial score (nSPS) is 10.1. The number of pyridine rings is 1. The standard InChI is InChI=1S/C12H11N3O3/c1-8-6-10(3-4-11(8)15(16)17)18-12-5-2-9(13)7-14-12/h2-7H,13H2,1H3. The summed E-state index contributed by atoms with van der Waals surface area (Å²) >= 11 is 0. The second-order valence-electron chi connectivity index (χ2n) is 3.74. The van der Waals surface area contributed by atoms with Gasteiger partial charge in [-0.1, -0.05) is 0 Å². The molecule has 1 aromatic carbocycles. The van der Waals surface area contributed by atoms with Gasteiger partial charge < -0.3 is 10.5 Å². The first-order chi connectivity index (χ1) is 8.56. The van der Waals surface area contributed by atoms with E-state index in [1.807, 2.05) is 0 Å². The number of nitro benzene ring substituents is 1. The number of aryl methyl sites for hydroxylation is 1. The molecule has 0 bridgehead atoms. The number of nitrogen functional groups attached to an aromatic ring is 1. The number of hydrogen-bond acceptors (Lipinski definition) is 5. The fourth-order valence-electron chi connectivity index (χ4n) is 1.47. The van der Waals surface area contributed by atoms with E-state index >= 15 is 0 Å². The first kappa shape index (κ1) is 11.8. The molecule has 2 N–H and O–H groups in total. The maximum atomic E-state index is 10.7. The minimum absolute atomic E-state index is 0.0626. The van der Waals surface area contributed by atoms with Gasteiger partial charge in [0.05, 0.1) is 16.8 Å². The number of nitro groups is 1. The third-order valence-electron chi connectivity index (χ3n) is 2.35. The summed E-state index contributed by atoms with van der Waals surface area (Å²) in [6.45, 7) is 1.65. The molecule has 18 heavy (non-hydrogen) atoms. The van der Waals surface area contributed by atoms with Crippen molar-refractivity contribution in [1.82, 2.24) is 4.98 Å². The number of benzene rings is 1. The molecule has 6 heteroatoms. The largest absolute Gasteiger partial charge is 0.439 e. The molecule has 92 valence electrons. The van der Waals surface area contributed by atoms with Crippen molar-refractivity contribution in [3.8, 4) is 11.6 Å². The molecule has 0 saturated heterocycles. The number of aromatic nitrogens is 1. The predicted octanol–water partition coefficient (Wildman–Crippen LogP) is 2.67. The third kappa shape index (κ3) is 2.54. The van der Waals surface area contributed by atoms with Gasteiger partial charge in [-0.25, -0.2) is 4.98 Å². The molecule has 0 aliphatic heterocycles. The lowest BCUT2D eigenvalue weighted by atomic mass is 10.2. The van der Waals surface area contributed by atoms with Crippen molar-refractivity contribution in [1.29, 1.82) is 0 Å². The highest BCUT2D eigenvalue weighted by atomic mass is 16.6. The average Bonchev–Trinajstić information content (AvgIpc) is 2.32. The van der Waals surface area contributed by atoms with Crippen LogP contribution in [0.5, 0.6) is 11.6 Å². The molecule has 0 spiro atoms. The Morgan fingerprint density at radius 3 is 2.67 bits per heavy atom. The fraction of sp³-hybridized carbons (Fsp3) is 0.0833. The van der Waals surface area contributed by atoms with Gasteiger partial charge in [-0.05, 0) is 25.1 Å². The smallest absolute Gasteiger partial charge is 0.272 e. The highest BCUT2D eigenvalue weighted by Gasteiger charge is 2.11. The average molecular weight is 245 g/mol. The van der Waals surface area contributed by atoms with Gasteiger partial charge in [0, 0.05) is 17.7 Å². The zero-order chi connectivity index (χ0) is 13.1. The van der Waals surface area contributed by atoms with E-state index in [0.717, 1.165) is 0 Å². The Balaban J connectivity index is 2.22. The summed E-state index contributed by atoms with van der Waals surface area (Å²) in [6.07, 6.45) is 1.48. The van der Waals surface area contributed by atoms with E-state index in [1.54, 1.807) is 25.1 Å². The molecule has 0 fully saturated rings. The van der Waals surface area contributed by atoms with Gasteiger partial charge in [0.1, 0.15) is 5.75 Å². The lowest BCUT2D eigenvalue weighted by Crippen LogP contribution is -1.93. The van der Waals surface area contributed by atoms with Crippen LogP contribution in [0.3, 0.4) is 0 Å². The molecule has 0 atom stereocenters. The molecule has 0 radical (unpaired) electrons. The highest BCUT2D eigenvalue weighted by molar-refractivity contribution is 5.45. The first-order valence-corrected chi connectivity index (χ1v) is 5.20. The van der Waals surface area contributed by atoms with Crippen LogP contribution in [0.4, 0.5) is 11.4 Å². The Bertz CT molecular complexity index is 582. The van der Waals surface area contributed by atoms with E-state index in [1.165, 1.54) is 18.3 Å². The zero-order valence-electron chi connectivity index (χ0n) is 9.66. The Hall–Kier alpha value is -2.63. The van der Waals surface area contributed by atoms with Gasteiger partial charge >= 0.3 is 0 Å². The van der Waals surface area contributed by atoms with E-state index in [9.17, 15) is 10.1 Å². The van der Waals surface area contributed by atoms with E-state index in [2.05, 4.69) is 4.98 Å². The van der Waals surface area contributed by atoms with Crippen LogP contribution in [0.2, 0.25) is 0 Å². The molecular formula is C12H11N3O3. The van der Waals surface area contributed by atoms with Crippen molar-refractivity contribution in [2.75, 3.05) is 5.73 Å². The Morgan fingerprint density at radius 1 is 1.33 bits per heavy atom. The summed E-state index contributed by atoms with van der Waals surface area (Å²) in [4.78, 5) is 14.2. The molecule has 0 aliphatic rings. The minimum Gasteiger partial charge on any atom is -0.439 e. The van der Waals surface area contributed by atoms with Crippen molar-refractivity contribution in [2.45, 2.75) is 6.92 Å². The highest BCUT2D eigenvalue weighted by Crippen LogP contribution is 2.26. The molecule has 0 aliphatic carbocycles. The topological polar surface area (TPSA) is 91.3 Å². The van der Waals surface area contributed by atoms with Gasteiger partial charge in [-0.2, -0.15) is 0 Å². The molecule has 6 nitrogen and oxygen atoms in total. The number of ether oxygens (including phenoxy) is 1. The Kier molecular flexibility index (Phi) is 3.09. The number of nitrogens with zero attached hydrogens (tertiary/aromatic N) is 2. The molecule has 0 saturated carbocycles. The fourth-order valence-corrected chi connectivity index (χ4v) is 1.47. The molecule has 1 heterocycles. The molecule has 0 amide bonds. The van der Waals surface area contributed by atoms with Gasteiger partial charge in [0.25, 0.3) is 5.69 Å². The SMILES string of the molecule is Cc1cc(Oc2ccc(N)cn2)ccc1[N+](=O)[O-]. The summed E-state index contributed by atoms with van der Waals surface area (Å²) in [5.41, 5.74) is 6.65. The first-order valence-electron chi connectivity index (χ1n) is 5.20. The zero-order valence-corrected chi connectivity index (χ0v) is 9.66. The number of rotatable bonds is 3. The van der Waals surface area contributed by atoms with Crippen LogP contribution < -0.4 is 10.5 Å². The van der Waals surface area contributed by atoms with Crippen LogP contribution in [-0.2, 0) is 0 Å². The van der Waals surface area contributed by atoms with Gasteiger partial charge in [0.2, 0.25) is 5.88 Å². The second-order valence-corrected chi connectivity index (χ2v) is 3.74. The van der Waals surface area contributed by atoms with Crippen LogP contribution in [0.1, 0.15) is 5.56 Å². The quantitative estimate of drug-likeness (QED) is 0.663. The Labute approximate surface area is 103 Å². The molecule has 0 unspecified atom stereocenters. The maximum Gasteiger partial charge on any atom is 0.272 e. The van der Waals surface area contributed by atoms with Crippen LogP contribution in [0, 0.1) is 17.0 Å². The van der Waals surface area contributed by atoms with Gasteiger partial charge in [0.15, 0.2) is 0 Å². The van der Waals surface area contributed by atoms with Gasteiger partial charge in [-0.15, -0.1) is 0 Å². The monoisotopic (exact) mass is 245 g/mol. The van der Waals surface area contributed by atoms with Crippen LogP contribution in [0.25, 0.3) is 0 Å². The van der Waals surface area contributed by atoms with E-state index in [4.69, 9.17) is 10.5 Å². The predicted molar refractivity (Wildman–Crippen MR) is 66.6 cm³/mol. The lowest BCUT2D eigenvalue weighted by molar-refractivity contribution is -0.385. The summed E-state index contributed by atoms with van der Waals surface area (Å²) < 4.78 is 5.46. The summed E-state index contributed by atoms with van der Waals surface area (Å²) in [6, 6.07) is 7.83. The summed E-state index contributed by atoms with van der Waals surface area (Å²) in [7, 11) is 0. The Morgan fingerprint density at radius 2 is 2.11 bits per heavy atom. The number of nitrogens with two attached hydrogens (primary N) is 1. The second kappa shape index (κ2) is 4.70. The van der Waals surface area contributed by atoms with Crippen LogP contribution in [-0.4, -0.2) is 9.91 Å². The van der Waals surface area contributed by atoms with E-state index < -0.39 is 4.92 Å². The lowest BCUT2D eigenvalue weighted by Gasteiger charge is -2.05. The maximum absolute atomic E-state index is 10.7. The third-order valence-corrected chi connectivity index (χ3v) is 2.35. The van der Waals surface area contributed by atoms with Crippen molar-refractivity contribution in [3.05, 3.63) is 52.2 Å². The molecular weight excluding hydrogens is 234 g/mol. The summed E-state index contributed by atoms with van der Waals surface area (Å²) in [5, 5.41) is 10.7. The van der Waals surface area contributed by atoms with Crippen molar-refractivity contribution < 1.29 is 9.66 Å².